The molecule has 1 aliphatic heterocycles. The van der Waals surface area contributed by atoms with Crippen LogP contribution >= 0.6 is 23.4 Å². The molecule has 1 aromatic heterocycles. The van der Waals surface area contributed by atoms with E-state index in [9.17, 15) is 4.79 Å². The fourth-order valence-corrected chi connectivity index (χ4v) is 4.84. The lowest BCUT2D eigenvalue weighted by molar-refractivity contribution is -0.130. The van der Waals surface area contributed by atoms with E-state index in [2.05, 4.69) is 34.1 Å². The maximum Gasteiger partial charge on any atom is 0.236 e. The Labute approximate surface area is 186 Å². The molecule has 2 heterocycles. The van der Waals surface area contributed by atoms with Gasteiger partial charge in [-0.15, -0.1) is 0 Å². The maximum atomic E-state index is 13.1. The van der Waals surface area contributed by atoms with E-state index in [1.54, 1.807) is 6.20 Å². The van der Waals surface area contributed by atoms with E-state index in [0.717, 1.165) is 47.6 Å². The average Bonchev–Trinajstić information content (AvgIpc) is 3.23. The zero-order valence-electron chi connectivity index (χ0n) is 17.2. The molecule has 4 rings (SSSR count). The topological polar surface area (TPSA) is 41.4 Å². The van der Waals surface area contributed by atoms with Gasteiger partial charge in [-0.3, -0.25) is 9.36 Å². The van der Waals surface area contributed by atoms with Crippen molar-refractivity contribution in [2.75, 3.05) is 31.1 Å². The van der Waals surface area contributed by atoms with Gasteiger partial charge in [0.2, 0.25) is 5.91 Å². The van der Waals surface area contributed by atoms with Crippen molar-refractivity contribution >= 4 is 35.0 Å². The molecule has 5 nitrogen and oxygen atoms in total. The zero-order valence-corrected chi connectivity index (χ0v) is 18.7. The van der Waals surface area contributed by atoms with Crippen molar-refractivity contribution in [3.05, 3.63) is 71.5 Å². The number of carbonyl (C=O) groups is 1. The van der Waals surface area contributed by atoms with Crippen LogP contribution in [0.4, 0.5) is 5.69 Å². The molecule has 0 radical (unpaired) electrons. The van der Waals surface area contributed by atoms with Gasteiger partial charge in [0.15, 0.2) is 5.16 Å². The van der Waals surface area contributed by atoms with Crippen LogP contribution in [0.15, 0.2) is 66.1 Å². The van der Waals surface area contributed by atoms with Crippen LogP contribution in [0, 0.1) is 6.92 Å². The number of carbonyl (C=O) groups excluding carboxylic acids is 1. The molecule has 1 fully saturated rings. The van der Waals surface area contributed by atoms with Gasteiger partial charge < -0.3 is 9.80 Å². The number of hydrogen-bond acceptors (Lipinski definition) is 4. The van der Waals surface area contributed by atoms with E-state index in [1.165, 1.54) is 17.4 Å². The van der Waals surface area contributed by atoms with Crippen molar-refractivity contribution in [2.24, 2.45) is 0 Å². The van der Waals surface area contributed by atoms with Gasteiger partial charge in [0.25, 0.3) is 0 Å². The molecule has 1 amide bonds. The van der Waals surface area contributed by atoms with Gasteiger partial charge in [-0.2, -0.15) is 0 Å². The summed E-state index contributed by atoms with van der Waals surface area (Å²) >= 11 is 7.78. The second kappa shape index (κ2) is 9.14. The maximum absolute atomic E-state index is 13.1. The SMILES string of the molecule is Cc1c(Cl)cccc1-n1ccnc1SC(C)C(=O)N1CCN(c2ccccc2)CC1. The highest BCUT2D eigenvalue weighted by Crippen LogP contribution is 2.29. The largest absolute Gasteiger partial charge is 0.368 e. The van der Waals surface area contributed by atoms with Gasteiger partial charge in [0.1, 0.15) is 0 Å². The minimum absolute atomic E-state index is 0.157. The third kappa shape index (κ3) is 4.35. The number of piperazine rings is 1. The number of hydrogen-bond donors (Lipinski definition) is 0. The Morgan fingerprint density at radius 3 is 2.53 bits per heavy atom. The first-order chi connectivity index (χ1) is 14.5. The van der Waals surface area contributed by atoms with Crippen molar-refractivity contribution < 1.29 is 4.79 Å². The van der Waals surface area contributed by atoms with E-state index in [0.29, 0.717) is 0 Å². The Kier molecular flexibility index (Phi) is 6.35. The molecule has 1 unspecified atom stereocenters. The number of anilines is 1. The Morgan fingerprint density at radius 1 is 1.07 bits per heavy atom. The van der Waals surface area contributed by atoms with Crippen molar-refractivity contribution in [1.29, 1.82) is 0 Å². The molecule has 7 heteroatoms. The molecule has 156 valence electrons. The summed E-state index contributed by atoms with van der Waals surface area (Å²) in [4.78, 5) is 21.8. The third-order valence-electron chi connectivity index (χ3n) is 5.45. The summed E-state index contributed by atoms with van der Waals surface area (Å²) in [7, 11) is 0. The Morgan fingerprint density at radius 2 is 1.80 bits per heavy atom. The van der Waals surface area contributed by atoms with Crippen LogP contribution in [-0.2, 0) is 4.79 Å². The molecular formula is C23H25ClN4OS. The second-order valence-corrected chi connectivity index (χ2v) is 9.09. The van der Waals surface area contributed by atoms with Crippen LogP contribution in [0.3, 0.4) is 0 Å². The van der Waals surface area contributed by atoms with Gasteiger partial charge in [0, 0.05) is 49.3 Å². The van der Waals surface area contributed by atoms with E-state index in [1.807, 2.05) is 53.8 Å². The minimum Gasteiger partial charge on any atom is -0.368 e. The Hall–Kier alpha value is -2.44. The molecule has 0 saturated carbocycles. The van der Waals surface area contributed by atoms with Crippen LogP contribution in [0.1, 0.15) is 12.5 Å². The van der Waals surface area contributed by atoms with Gasteiger partial charge in [-0.05, 0) is 43.7 Å². The number of benzene rings is 2. The lowest BCUT2D eigenvalue weighted by Crippen LogP contribution is -2.50. The predicted octanol–water partition coefficient (Wildman–Crippen LogP) is 4.66. The molecule has 0 aliphatic carbocycles. The summed E-state index contributed by atoms with van der Waals surface area (Å²) in [5, 5.41) is 1.30. The summed E-state index contributed by atoms with van der Waals surface area (Å²) in [6.07, 6.45) is 3.68. The highest BCUT2D eigenvalue weighted by molar-refractivity contribution is 8.00. The number of nitrogens with zero attached hydrogens (tertiary/aromatic N) is 4. The molecule has 0 bridgehead atoms. The fourth-order valence-electron chi connectivity index (χ4n) is 3.71. The lowest BCUT2D eigenvalue weighted by atomic mass is 10.2. The summed E-state index contributed by atoms with van der Waals surface area (Å²) in [5.41, 5.74) is 3.19. The van der Waals surface area contributed by atoms with Gasteiger partial charge in [-0.1, -0.05) is 47.6 Å². The second-order valence-electron chi connectivity index (χ2n) is 7.37. The first-order valence-electron chi connectivity index (χ1n) is 10.1. The number of halogens is 1. The monoisotopic (exact) mass is 440 g/mol. The van der Waals surface area contributed by atoms with Crippen LogP contribution in [0.5, 0.6) is 0 Å². The normalized spacial score (nSPS) is 15.3. The summed E-state index contributed by atoms with van der Waals surface area (Å²) in [5.74, 6) is 0.157. The first-order valence-corrected chi connectivity index (χ1v) is 11.3. The van der Waals surface area contributed by atoms with Crippen LogP contribution in [0.2, 0.25) is 5.02 Å². The summed E-state index contributed by atoms with van der Waals surface area (Å²) in [6.45, 7) is 7.13. The van der Waals surface area contributed by atoms with Crippen molar-refractivity contribution in [2.45, 2.75) is 24.3 Å². The molecule has 2 aromatic carbocycles. The molecule has 0 spiro atoms. The molecular weight excluding hydrogens is 416 g/mol. The molecule has 1 aliphatic rings. The number of thioether (sulfide) groups is 1. The van der Waals surface area contributed by atoms with Gasteiger partial charge >= 0.3 is 0 Å². The van der Waals surface area contributed by atoms with Crippen LogP contribution in [0.25, 0.3) is 5.69 Å². The fraction of sp³-hybridized carbons (Fsp3) is 0.304. The highest BCUT2D eigenvalue weighted by atomic mass is 35.5. The van der Waals surface area contributed by atoms with Crippen molar-refractivity contribution in [3.63, 3.8) is 0 Å². The third-order valence-corrected chi connectivity index (χ3v) is 6.93. The number of aromatic nitrogens is 2. The minimum atomic E-state index is -0.214. The van der Waals surface area contributed by atoms with E-state index in [-0.39, 0.29) is 11.2 Å². The Balaban J connectivity index is 1.41. The molecule has 30 heavy (non-hydrogen) atoms. The molecule has 3 aromatic rings. The van der Waals surface area contributed by atoms with E-state index >= 15 is 0 Å². The van der Waals surface area contributed by atoms with Crippen LogP contribution < -0.4 is 4.90 Å². The summed E-state index contributed by atoms with van der Waals surface area (Å²) < 4.78 is 2.00. The van der Waals surface area contributed by atoms with Gasteiger partial charge in [-0.25, -0.2) is 4.98 Å². The van der Waals surface area contributed by atoms with Crippen molar-refractivity contribution in [1.82, 2.24) is 14.5 Å². The predicted molar refractivity (Wildman–Crippen MR) is 124 cm³/mol. The number of imidazole rings is 1. The summed E-state index contributed by atoms with van der Waals surface area (Å²) in [6, 6.07) is 16.2. The average molecular weight is 441 g/mol. The standard InChI is InChI=1S/C23H25ClN4OS/c1-17-20(24)9-6-10-21(17)28-12-11-25-23(28)30-18(2)22(29)27-15-13-26(14-16-27)19-7-4-3-5-8-19/h3-12,18H,13-16H2,1-2H3. The molecule has 0 N–H and O–H groups in total. The van der Waals surface area contributed by atoms with Crippen molar-refractivity contribution in [3.8, 4) is 5.69 Å². The lowest BCUT2D eigenvalue weighted by Gasteiger charge is -2.37. The van der Waals surface area contributed by atoms with Gasteiger partial charge in [0.05, 0.1) is 10.9 Å². The van der Waals surface area contributed by atoms with E-state index in [4.69, 9.17) is 11.6 Å². The number of rotatable bonds is 5. The van der Waals surface area contributed by atoms with E-state index < -0.39 is 0 Å². The first kappa shape index (κ1) is 20.8. The molecule has 1 atom stereocenters. The zero-order chi connectivity index (χ0) is 21.1. The highest BCUT2D eigenvalue weighted by Gasteiger charge is 2.27. The number of para-hydroxylation sites is 1. The smallest absolute Gasteiger partial charge is 0.236 e. The Bertz CT molecular complexity index is 1020. The van der Waals surface area contributed by atoms with Crippen LogP contribution in [-0.4, -0.2) is 51.8 Å². The number of amides is 1. The quantitative estimate of drug-likeness (QED) is 0.541. The molecule has 1 saturated heterocycles.